The Balaban J connectivity index is 1.99. The van der Waals surface area contributed by atoms with Crippen molar-refractivity contribution in [1.82, 2.24) is 4.90 Å². The number of benzene rings is 1. The van der Waals surface area contributed by atoms with Crippen LogP contribution in [0.25, 0.3) is 0 Å². The van der Waals surface area contributed by atoms with Gasteiger partial charge in [0.05, 0.1) is 7.11 Å². The van der Waals surface area contributed by atoms with Crippen molar-refractivity contribution in [1.29, 1.82) is 0 Å². The van der Waals surface area contributed by atoms with Gasteiger partial charge in [-0.05, 0) is 36.6 Å². The van der Waals surface area contributed by atoms with Crippen LogP contribution >= 0.6 is 11.6 Å². The van der Waals surface area contributed by atoms with Crippen LogP contribution in [0.2, 0.25) is 5.02 Å². The van der Waals surface area contributed by atoms with Crippen LogP contribution < -0.4 is 4.74 Å². The Labute approximate surface area is 107 Å². The van der Waals surface area contributed by atoms with E-state index in [1.54, 1.807) is 7.11 Å². The highest BCUT2D eigenvalue weighted by Crippen LogP contribution is 2.25. The van der Waals surface area contributed by atoms with Crippen molar-refractivity contribution in [3.05, 3.63) is 28.8 Å². The van der Waals surface area contributed by atoms with Crippen molar-refractivity contribution in [2.45, 2.75) is 13.0 Å². The molecule has 0 unspecified atom stereocenters. The average molecular weight is 256 g/mol. The van der Waals surface area contributed by atoms with Crippen molar-refractivity contribution in [2.75, 3.05) is 26.8 Å². The normalized spacial score (nSPS) is 20.8. The Morgan fingerprint density at radius 2 is 2.35 bits per heavy atom. The van der Waals surface area contributed by atoms with Gasteiger partial charge in [-0.1, -0.05) is 17.7 Å². The molecule has 1 aliphatic rings. The third kappa shape index (κ3) is 3.12. The summed E-state index contributed by atoms with van der Waals surface area (Å²) in [5, 5.41) is 9.85. The van der Waals surface area contributed by atoms with Crippen LogP contribution in [0.3, 0.4) is 0 Å². The molecule has 0 amide bonds. The Morgan fingerprint density at radius 1 is 1.53 bits per heavy atom. The maximum Gasteiger partial charge on any atom is 0.120 e. The van der Waals surface area contributed by atoms with Crippen molar-refractivity contribution < 1.29 is 9.84 Å². The third-order valence-corrected chi connectivity index (χ3v) is 3.63. The number of aliphatic hydroxyl groups excluding tert-OH is 1. The van der Waals surface area contributed by atoms with E-state index >= 15 is 0 Å². The molecule has 1 aromatic rings. The van der Waals surface area contributed by atoms with E-state index in [4.69, 9.17) is 21.4 Å². The molecule has 1 N–H and O–H groups in total. The molecule has 0 aliphatic carbocycles. The van der Waals surface area contributed by atoms with Gasteiger partial charge in [0.2, 0.25) is 0 Å². The zero-order chi connectivity index (χ0) is 12.3. The molecule has 1 heterocycles. The molecule has 4 heteroatoms. The molecular weight excluding hydrogens is 238 g/mol. The zero-order valence-corrected chi connectivity index (χ0v) is 10.8. The lowest BCUT2D eigenvalue weighted by molar-refractivity contribution is 0.220. The lowest BCUT2D eigenvalue weighted by Gasteiger charge is -2.16. The molecule has 3 nitrogen and oxygen atoms in total. The van der Waals surface area contributed by atoms with E-state index < -0.39 is 0 Å². The van der Waals surface area contributed by atoms with Crippen molar-refractivity contribution in [2.24, 2.45) is 5.92 Å². The topological polar surface area (TPSA) is 32.7 Å². The minimum absolute atomic E-state index is 0.285. The first kappa shape index (κ1) is 12.7. The summed E-state index contributed by atoms with van der Waals surface area (Å²) >= 11 is 6.20. The Bertz CT molecular complexity index is 384. The summed E-state index contributed by atoms with van der Waals surface area (Å²) in [6.07, 6.45) is 1.07. The van der Waals surface area contributed by atoms with Gasteiger partial charge in [-0.25, -0.2) is 0 Å². The fraction of sp³-hybridized carbons (Fsp3) is 0.538. The number of nitrogens with zero attached hydrogens (tertiary/aromatic N) is 1. The Kier molecular flexibility index (Phi) is 4.26. The molecule has 1 fully saturated rings. The molecule has 1 atom stereocenters. The number of hydrogen-bond acceptors (Lipinski definition) is 3. The first-order valence-corrected chi connectivity index (χ1v) is 6.26. The summed E-state index contributed by atoms with van der Waals surface area (Å²) in [5.74, 6) is 1.21. The summed E-state index contributed by atoms with van der Waals surface area (Å²) in [6.45, 7) is 3.12. The van der Waals surface area contributed by atoms with Gasteiger partial charge < -0.3 is 9.84 Å². The number of halogens is 1. The molecule has 0 spiro atoms. The van der Waals surface area contributed by atoms with Gasteiger partial charge in [-0.15, -0.1) is 0 Å². The molecule has 0 saturated carbocycles. The fourth-order valence-corrected chi connectivity index (χ4v) is 2.46. The molecular formula is C13H18ClNO2. The summed E-state index contributed by atoms with van der Waals surface area (Å²) in [6, 6.07) is 5.78. The molecule has 0 radical (unpaired) electrons. The molecule has 1 aliphatic heterocycles. The summed E-state index contributed by atoms with van der Waals surface area (Å²) in [7, 11) is 1.64. The lowest BCUT2D eigenvalue weighted by Crippen LogP contribution is -2.21. The van der Waals surface area contributed by atoms with Gasteiger partial charge in [0.15, 0.2) is 0 Å². The van der Waals surface area contributed by atoms with E-state index in [2.05, 4.69) is 4.90 Å². The molecule has 1 aromatic carbocycles. The number of likely N-dealkylation sites (tertiary alicyclic amines) is 1. The molecule has 0 aromatic heterocycles. The summed E-state index contributed by atoms with van der Waals surface area (Å²) in [4.78, 5) is 2.33. The highest BCUT2D eigenvalue weighted by atomic mass is 35.5. The van der Waals surface area contributed by atoms with Crippen LogP contribution in [0.4, 0.5) is 0 Å². The highest BCUT2D eigenvalue weighted by molar-refractivity contribution is 6.31. The van der Waals surface area contributed by atoms with Crippen molar-refractivity contribution in [3.63, 3.8) is 0 Å². The Morgan fingerprint density at radius 3 is 2.94 bits per heavy atom. The van der Waals surface area contributed by atoms with E-state index in [1.807, 2.05) is 18.2 Å². The fourth-order valence-electron chi connectivity index (χ4n) is 2.23. The summed E-state index contributed by atoms with van der Waals surface area (Å²) in [5.41, 5.74) is 1.12. The maximum absolute atomic E-state index is 9.10. The van der Waals surface area contributed by atoms with Gasteiger partial charge in [-0.2, -0.15) is 0 Å². The van der Waals surface area contributed by atoms with Crippen molar-refractivity contribution >= 4 is 11.6 Å². The van der Waals surface area contributed by atoms with Gasteiger partial charge in [-0.3, -0.25) is 4.90 Å². The second kappa shape index (κ2) is 5.71. The minimum Gasteiger partial charge on any atom is -0.497 e. The predicted molar refractivity (Wildman–Crippen MR) is 68.5 cm³/mol. The number of hydrogen-bond donors (Lipinski definition) is 1. The summed E-state index contributed by atoms with van der Waals surface area (Å²) < 4.78 is 5.12. The van der Waals surface area contributed by atoms with Crippen LogP contribution in [0.15, 0.2) is 18.2 Å². The minimum atomic E-state index is 0.285. The predicted octanol–water partition coefficient (Wildman–Crippen LogP) is 2.16. The van der Waals surface area contributed by atoms with E-state index in [1.165, 1.54) is 0 Å². The second-order valence-corrected chi connectivity index (χ2v) is 4.94. The maximum atomic E-state index is 9.10. The van der Waals surface area contributed by atoms with Crippen LogP contribution in [-0.2, 0) is 6.54 Å². The first-order valence-electron chi connectivity index (χ1n) is 5.88. The van der Waals surface area contributed by atoms with E-state index in [9.17, 15) is 0 Å². The van der Waals surface area contributed by atoms with E-state index in [-0.39, 0.29) is 6.61 Å². The third-order valence-electron chi connectivity index (χ3n) is 3.28. The quantitative estimate of drug-likeness (QED) is 0.895. The lowest BCUT2D eigenvalue weighted by atomic mass is 10.1. The second-order valence-electron chi connectivity index (χ2n) is 4.53. The van der Waals surface area contributed by atoms with Crippen molar-refractivity contribution in [3.8, 4) is 5.75 Å². The first-order chi connectivity index (χ1) is 8.22. The zero-order valence-electron chi connectivity index (χ0n) is 10.0. The van der Waals surface area contributed by atoms with Crippen LogP contribution in [-0.4, -0.2) is 36.8 Å². The molecule has 0 bridgehead atoms. The number of methoxy groups -OCH3 is 1. The van der Waals surface area contributed by atoms with Gasteiger partial charge >= 0.3 is 0 Å². The van der Waals surface area contributed by atoms with Crippen LogP contribution in [0, 0.1) is 5.92 Å². The van der Waals surface area contributed by atoms with Gasteiger partial charge in [0.1, 0.15) is 5.75 Å². The van der Waals surface area contributed by atoms with E-state index in [0.29, 0.717) is 5.92 Å². The molecule has 94 valence electrons. The van der Waals surface area contributed by atoms with Gasteiger partial charge in [0.25, 0.3) is 0 Å². The molecule has 2 rings (SSSR count). The molecule has 1 saturated heterocycles. The largest absolute Gasteiger partial charge is 0.497 e. The SMILES string of the molecule is COc1ccc(CN2CC[C@H](CO)C2)c(Cl)c1. The standard InChI is InChI=1S/C13H18ClNO2/c1-17-12-3-2-11(13(14)6-12)8-15-5-4-10(7-15)9-16/h2-3,6,10,16H,4-5,7-9H2,1H3/t10-/m0/s1. The molecule has 17 heavy (non-hydrogen) atoms. The van der Waals surface area contributed by atoms with E-state index in [0.717, 1.165) is 42.4 Å². The highest BCUT2D eigenvalue weighted by Gasteiger charge is 2.22. The average Bonchev–Trinajstić information content (AvgIpc) is 2.79. The van der Waals surface area contributed by atoms with Crippen LogP contribution in [0.5, 0.6) is 5.75 Å². The number of aliphatic hydroxyl groups is 1. The number of rotatable bonds is 4. The smallest absolute Gasteiger partial charge is 0.120 e. The monoisotopic (exact) mass is 255 g/mol. The van der Waals surface area contributed by atoms with Gasteiger partial charge in [0, 0.05) is 24.7 Å². The number of ether oxygens (including phenoxy) is 1. The Hall–Kier alpha value is -0.770. The van der Waals surface area contributed by atoms with Crippen LogP contribution in [0.1, 0.15) is 12.0 Å².